The Labute approximate surface area is 201 Å². The second-order valence-electron chi connectivity index (χ2n) is 8.60. The Morgan fingerprint density at radius 1 is 0.853 bits per heavy atom. The first kappa shape index (κ1) is 23.5. The lowest BCUT2D eigenvalue weighted by atomic mass is 10.0. The van der Waals surface area contributed by atoms with Crippen molar-refractivity contribution in [1.82, 2.24) is 10.2 Å². The van der Waals surface area contributed by atoms with Gasteiger partial charge in [-0.2, -0.15) is 0 Å². The van der Waals surface area contributed by atoms with Crippen LogP contribution in [0.3, 0.4) is 0 Å². The molecular weight excluding hydrogens is 424 g/mol. The molecule has 0 radical (unpaired) electrons. The zero-order valence-electron chi connectivity index (χ0n) is 19.9. The molecule has 34 heavy (non-hydrogen) atoms. The molecule has 1 heterocycles. The first-order chi connectivity index (χ1) is 16.5. The first-order valence-corrected chi connectivity index (χ1v) is 11.8. The van der Waals surface area contributed by atoms with Gasteiger partial charge in [0.2, 0.25) is 5.91 Å². The number of carbonyl (C=O) groups excluding carboxylic acids is 2. The van der Waals surface area contributed by atoms with Crippen LogP contribution in [-0.4, -0.2) is 56.0 Å². The van der Waals surface area contributed by atoms with Crippen molar-refractivity contribution in [1.29, 1.82) is 0 Å². The van der Waals surface area contributed by atoms with E-state index >= 15 is 0 Å². The summed E-state index contributed by atoms with van der Waals surface area (Å²) in [7, 11) is 0. The van der Waals surface area contributed by atoms with E-state index < -0.39 is 0 Å². The molecule has 1 saturated heterocycles. The number of piperazine rings is 1. The monoisotopic (exact) mass is 456 g/mol. The molecule has 0 aliphatic carbocycles. The lowest BCUT2D eigenvalue weighted by Gasteiger charge is -2.36. The van der Waals surface area contributed by atoms with E-state index in [9.17, 15) is 9.59 Å². The van der Waals surface area contributed by atoms with Crippen LogP contribution in [0.25, 0.3) is 11.1 Å². The Balaban J connectivity index is 1.28. The predicted octanol–water partition coefficient (Wildman–Crippen LogP) is 4.17. The third kappa shape index (κ3) is 5.83. The molecule has 0 aromatic heterocycles. The molecule has 3 aromatic carbocycles. The van der Waals surface area contributed by atoms with E-state index in [4.69, 9.17) is 0 Å². The SMILES string of the molecule is CCN1CCN(c2ccc(NC(=O)CNC(=O)c3ccc(-c4ccccc4)cc3)cc2C)CC1. The van der Waals surface area contributed by atoms with Crippen LogP contribution in [0, 0.1) is 6.92 Å². The maximum atomic E-state index is 12.5. The molecule has 6 heteroatoms. The van der Waals surface area contributed by atoms with E-state index in [0.29, 0.717) is 5.56 Å². The number of anilines is 2. The lowest BCUT2D eigenvalue weighted by Crippen LogP contribution is -2.46. The van der Waals surface area contributed by atoms with Gasteiger partial charge in [-0.3, -0.25) is 9.59 Å². The molecule has 0 spiro atoms. The highest BCUT2D eigenvalue weighted by atomic mass is 16.2. The van der Waals surface area contributed by atoms with Gasteiger partial charge in [0.15, 0.2) is 0 Å². The van der Waals surface area contributed by atoms with E-state index in [0.717, 1.165) is 55.1 Å². The summed E-state index contributed by atoms with van der Waals surface area (Å²) >= 11 is 0. The van der Waals surface area contributed by atoms with Crippen LogP contribution in [0.1, 0.15) is 22.8 Å². The van der Waals surface area contributed by atoms with Gasteiger partial charge in [0, 0.05) is 43.1 Å². The molecule has 3 aromatic rings. The number of likely N-dealkylation sites (N-methyl/N-ethyl adjacent to an activating group) is 1. The highest BCUT2D eigenvalue weighted by molar-refractivity contribution is 5.99. The molecule has 2 amide bonds. The lowest BCUT2D eigenvalue weighted by molar-refractivity contribution is -0.115. The molecule has 1 aliphatic rings. The van der Waals surface area contributed by atoms with Gasteiger partial charge in [0.25, 0.3) is 5.91 Å². The summed E-state index contributed by atoms with van der Waals surface area (Å²) < 4.78 is 0. The van der Waals surface area contributed by atoms with Crippen molar-refractivity contribution in [2.75, 3.05) is 49.5 Å². The molecule has 1 fully saturated rings. The van der Waals surface area contributed by atoms with Gasteiger partial charge >= 0.3 is 0 Å². The molecule has 4 rings (SSSR count). The number of rotatable bonds is 7. The maximum absolute atomic E-state index is 12.5. The van der Waals surface area contributed by atoms with Gasteiger partial charge in [-0.05, 0) is 60.5 Å². The zero-order valence-corrected chi connectivity index (χ0v) is 19.9. The van der Waals surface area contributed by atoms with Crippen LogP contribution in [0.2, 0.25) is 0 Å². The van der Waals surface area contributed by atoms with E-state index in [-0.39, 0.29) is 18.4 Å². The van der Waals surface area contributed by atoms with Gasteiger partial charge in [-0.15, -0.1) is 0 Å². The van der Waals surface area contributed by atoms with E-state index in [1.165, 1.54) is 5.69 Å². The minimum absolute atomic E-state index is 0.0843. The van der Waals surface area contributed by atoms with E-state index in [2.05, 4.69) is 40.3 Å². The number of hydrogen-bond donors (Lipinski definition) is 2. The Bertz CT molecular complexity index is 1120. The van der Waals surface area contributed by atoms with Gasteiger partial charge < -0.3 is 20.4 Å². The number of benzene rings is 3. The number of carbonyl (C=O) groups is 2. The number of amides is 2. The fraction of sp³-hybridized carbons (Fsp3) is 0.286. The minimum Gasteiger partial charge on any atom is -0.369 e. The normalized spacial score (nSPS) is 14.0. The summed E-state index contributed by atoms with van der Waals surface area (Å²) in [6, 6.07) is 23.4. The Morgan fingerprint density at radius 3 is 2.18 bits per heavy atom. The molecule has 0 saturated carbocycles. The summed E-state index contributed by atoms with van der Waals surface area (Å²) in [4.78, 5) is 29.7. The van der Waals surface area contributed by atoms with Crippen LogP contribution in [-0.2, 0) is 4.79 Å². The standard InChI is InChI=1S/C28H32N4O2/c1-3-31-15-17-32(18-16-31)26-14-13-25(19-21(26)2)30-27(33)20-29-28(34)24-11-9-23(10-12-24)22-7-5-4-6-8-22/h4-14,19H,3,15-18,20H2,1-2H3,(H,29,34)(H,30,33). The van der Waals surface area contributed by atoms with Gasteiger partial charge in [-0.25, -0.2) is 0 Å². The molecule has 176 valence electrons. The van der Waals surface area contributed by atoms with Crippen LogP contribution in [0.5, 0.6) is 0 Å². The van der Waals surface area contributed by atoms with E-state index in [1.807, 2.05) is 54.6 Å². The molecule has 6 nitrogen and oxygen atoms in total. The number of hydrogen-bond acceptors (Lipinski definition) is 4. The molecule has 1 aliphatic heterocycles. The van der Waals surface area contributed by atoms with Crippen LogP contribution in [0.4, 0.5) is 11.4 Å². The van der Waals surface area contributed by atoms with Crippen molar-refractivity contribution in [2.45, 2.75) is 13.8 Å². The van der Waals surface area contributed by atoms with Crippen LogP contribution in [0.15, 0.2) is 72.8 Å². The summed E-state index contributed by atoms with van der Waals surface area (Å²) in [5.74, 6) is -0.523. The van der Waals surface area contributed by atoms with Crippen LogP contribution < -0.4 is 15.5 Å². The molecule has 0 atom stereocenters. The average molecular weight is 457 g/mol. The first-order valence-electron chi connectivity index (χ1n) is 11.8. The van der Waals surface area contributed by atoms with Gasteiger partial charge in [-0.1, -0.05) is 49.4 Å². The van der Waals surface area contributed by atoms with Gasteiger partial charge in [0.1, 0.15) is 0 Å². The number of aryl methyl sites for hydroxylation is 1. The minimum atomic E-state index is -0.271. The Kier molecular flexibility index (Phi) is 7.60. The highest BCUT2D eigenvalue weighted by Crippen LogP contribution is 2.25. The second-order valence-corrected chi connectivity index (χ2v) is 8.60. The topological polar surface area (TPSA) is 64.7 Å². The van der Waals surface area contributed by atoms with Gasteiger partial charge in [0.05, 0.1) is 6.54 Å². The highest BCUT2D eigenvalue weighted by Gasteiger charge is 2.17. The largest absolute Gasteiger partial charge is 0.369 e. The fourth-order valence-electron chi connectivity index (χ4n) is 4.31. The summed E-state index contributed by atoms with van der Waals surface area (Å²) in [5.41, 5.74) is 5.74. The quantitative estimate of drug-likeness (QED) is 0.560. The Hall–Kier alpha value is -3.64. The summed E-state index contributed by atoms with van der Waals surface area (Å²) in [5, 5.41) is 5.59. The van der Waals surface area contributed by atoms with Crippen molar-refractivity contribution < 1.29 is 9.59 Å². The van der Waals surface area contributed by atoms with Crippen molar-refractivity contribution in [3.05, 3.63) is 83.9 Å². The average Bonchev–Trinajstić information content (AvgIpc) is 2.88. The molecule has 0 bridgehead atoms. The summed E-state index contributed by atoms with van der Waals surface area (Å²) in [6.07, 6.45) is 0. The smallest absolute Gasteiger partial charge is 0.251 e. The molecule has 0 unspecified atom stereocenters. The van der Waals surface area contributed by atoms with Crippen molar-refractivity contribution >= 4 is 23.2 Å². The molecule has 2 N–H and O–H groups in total. The number of nitrogens with one attached hydrogen (secondary N) is 2. The number of nitrogens with zero attached hydrogens (tertiary/aromatic N) is 2. The third-order valence-electron chi connectivity index (χ3n) is 6.30. The fourth-order valence-corrected chi connectivity index (χ4v) is 4.31. The maximum Gasteiger partial charge on any atom is 0.251 e. The van der Waals surface area contributed by atoms with Crippen molar-refractivity contribution in [3.63, 3.8) is 0 Å². The Morgan fingerprint density at radius 2 is 1.53 bits per heavy atom. The molecular formula is C28H32N4O2. The predicted molar refractivity (Wildman–Crippen MR) is 138 cm³/mol. The third-order valence-corrected chi connectivity index (χ3v) is 6.30. The van der Waals surface area contributed by atoms with Crippen molar-refractivity contribution in [2.24, 2.45) is 0 Å². The zero-order chi connectivity index (χ0) is 23.9. The second kappa shape index (κ2) is 11.0. The summed E-state index contributed by atoms with van der Waals surface area (Å²) in [6.45, 7) is 9.44. The van der Waals surface area contributed by atoms with Crippen molar-refractivity contribution in [3.8, 4) is 11.1 Å². The van der Waals surface area contributed by atoms with E-state index in [1.54, 1.807) is 12.1 Å². The van der Waals surface area contributed by atoms with Crippen LogP contribution >= 0.6 is 0 Å².